The second-order valence-electron chi connectivity index (χ2n) is 4.21. The van der Waals surface area contributed by atoms with Crippen molar-refractivity contribution in [3.05, 3.63) is 0 Å². The molecule has 2 rings (SSSR count). The topological polar surface area (TPSA) is 96.2 Å². The highest BCUT2D eigenvalue weighted by Gasteiger charge is 2.47. The van der Waals surface area contributed by atoms with Crippen molar-refractivity contribution < 1.29 is 20.4 Å². The standard InChI is InChI=1S/C9H18N2O4/c12-4-5-6(13)7(14)8(15)9-10-2-1-3-11(5)9/h5-10,12-15H,1-4H2/t5-,6-,7+,8+,9-/m1/s1. The van der Waals surface area contributed by atoms with E-state index in [1.165, 1.54) is 0 Å². The van der Waals surface area contributed by atoms with Crippen molar-refractivity contribution >= 4 is 0 Å². The molecular weight excluding hydrogens is 200 g/mol. The van der Waals surface area contributed by atoms with Gasteiger partial charge in [-0.3, -0.25) is 10.2 Å². The van der Waals surface area contributed by atoms with Crippen LogP contribution in [0.1, 0.15) is 6.42 Å². The van der Waals surface area contributed by atoms with Gasteiger partial charge in [0.2, 0.25) is 0 Å². The van der Waals surface area contributed by atoms with E-state index in [0.29, 0.717) is 6.54 Å². The SMILES string of the molecule is OC[C@@H]1[C@@H](O)[C@H](O)[C@H](O)[C@@H]2NCCCN12. The van der Waals surface area contributed by atoms with Gasteiger partial charge >= 0.3 is 0 Å². The van der Waals surface area contributed by atoms with E-state index in [-0.39, 0.29) is 12.8 Å². The summed E-state index contributed by atoms with van der Waals surface area (Å²) in [6.45, 7) is 1.27. The third kappa shape index (κ3) is 1.77. The molecule has 0 aromatic rings. The van der Waals surface area contributed by atoms with Crippen LogP contribution < -0.4 is 5.32 Å². The maximum absolute atomic E-state index is 9.76. The third-order valence-corrected chi connectivity index (χ3v) is 3.33. The van der Waals surface area contributed by atoms with Crippen LogP contribution in [-0.2, 0) is 0 Å². The maximum Gasteiger partial charge on any atom is 0.111 e. The Hall–Kier alpha value is -0.240. The Morgan fingerprint density at radius 2 is 1.87 bits per heavy atom. The predicted octanol–water partition coefficient (Wildman–Crippen LogP) is -2.93. The van der Waals surface area contributed by atoms with Crippen LogP contribution in [0.3, 0.4) is 0 Å². The van der Waals surface area contributed by atoms with E-state index in [0.717, 1.165) is 13.0 Å². The smallest absolute Gasteiger partial charge is 0.111 e. The van der Waals surface area contributed by atoms with Gasteiger partial charge in [0.05, 0.1) is 18.8 Å². The zero-order valence-electron chi connectivity index (χ0n) is 8.45. The first-order chi connectivity index (χ1) is 7.16. The van der Waals surface area contributed by atoms with Gasteiger partial charge in [-0.1, -0.05) is 0 Å². The van der Waals surface area contributed by atoms with Crippen molar-refractivity contribution in [3.8, 4) is 0 Å². The molecule has 0 spiro atoms. The first-order valence-electron chi connectivity index (χ1n) is 5.31. The molecule has 15 heavy (non-hydrogen) atoms. The lowest BCUT2D eigenvalue weighted by atomic mass is 9.90. The summed E-state index contributed by atoms with van der Waals surface area (Å²) in [5, 5.41) is 41.3. The van der Waals surface area contributed by atoms with Crippen LogP contribution in [0.15, 0.2) is 0 Å². The fraction of sp³-hybridized carbons (Fsp3) is 1.00. The van der Waals surface area contributed by atoms with E-state index < -0.39 is 24.4 Å². The lowest BCUT2D eigenvalue weighted by molar-refractivity contribution is -0.183. The molecule has 0 amide bonds. The van der Waals surface area contributed by atoms with Crippen molar-refractivity contribution in [1.82, 2.24) is 10.2 Å². The normalized spacial score (nSPS) is 47.6. The van der Waals surface area contributed by atoms with Crippen molar-refractivity contribution in [2.24, 2.45) is 0 Å². The highest BCUT2D eigenvalue weighted by atomic mass is 16.4. The molecule has 0 saturated carbocycles. The molecule has 2 aliphatic rings. The third-order valence-electron chi connectivity index (χ3n) is 3.33. The van der Waals surface area contributed by atoms with Crippen LogP contribution in [0, 0.1) is 0 Å². The van der Waals surface area contributed by atoms with Gasteiger partial charge in [0.25, 0.3) is 0 Å². The van der Waals surface area contributed by atoms with Gasteiger partial charge in [-0.2, -0.15) is 0 Å². The number of fused-ring (bicyclic) bond motifs is 1. The second-order valence-corrected chi connectivity index (χ2v) is 4.21. The summed E-state index contributed by atoms with van der Waals surface area (Å²) in [6, 6.07) is -0.499. The minimum atomic E-state index is -1.20. The average Bonchev–Trinajstić information content (AvgIpc) is 2.27. The predicted molar refractivity (Wildman–Crippen MR) is 52.0 cm³/mol. The molecule has 2 heterocycles. The zero-order valence-corrected chi connectivity index (χ0v) is 8.45. The van der Waals surface area contributed by atoms with Crippen molar-refractivity contribution in [2.75, 3.05) is 19.7 Å². The molecule has 2 aliphatic heterocycles. The molecule has 0 aliphatic carbocycles. The molecular formula is C9H18N2O4. The molecule has 0 unspecified atom stereocenters. The highest BCUT2D eigenvalue weighted by Crippen LogP contribution is 2.25. The van der Waals surface area contributed by atoms with E-state index in [4.69, 9.17) is 0 Å². The summed E-state index contributed by atoms with van der Waals surface area (Å²) in [6.07, 6.45) is -2.77. The molecule has 0 aromatic heterocycles. The monoisotopic (exact) mass is 218 g/mol. The zero-order chi connectivity index (χ0) is 11.0. The number of nitrogens with zero attached hydrogens (tertiary/aromatic N) is 1. The summed E-state index contributed by atoms with van der Waals surface area (Å²) in [5.41, 5.74) is 0. The number of aliphatic hydroxyl groups excluding tert-OH is 4. The molecule has 2 fully saturated rings. The molecule has 5 atom stereocenters. The summed E-state index contributed by atoms with van der Waals surface area (Å²) in [5.74, 6) is 0. The minimum Gasteiger partial charge on any atom is -0.395 e. The molecule has 6 nitrogen and oxygen atoms in total. The van der Waals surface area contributed by atoms with Gasteiger partial charge < -0.3 is 20.4 Å². The molecule has 6 heteroatoms. The fourth-order valence-electron chi connectivity index (χ4n) is 2.48. The van der Waals surface area contributed by atoms with E-state index in [1.807, 2.05) is 4.90 Å². The number of hydrogen-bond acceptors (Lipinski definition) is 6. The van der Waals surface area contributed by atoms with Crippen LogP contribution in [-0.4, -0.2) is 75.5 Å². The van der Waals surface area contributed by atoms with E-state index >= 15 is 0 Å². The van der Waals surface area contributed by atoms with E-state index in [9.17, 15) is 20.4 Å². The molecule has 2 saturated heterocycles. The van der Waals surface area contributed by atoms with Gasteiger partial charge in [0, 0.05) is 6.54 Å². The summed E-state index contributed by atoms with van der Waals surface area (Å²) in [7, 11) is 0. The van der Waals surface area contributed by atoms with Crippen LogP contribution >= 0.6 is 0 Å². The number of rotatable bonds is 1. The van der Waals surface area contributed by atoms with E-state index in [1.54, 1.807) is 0 Å². The minimum absolute atomic E-state index is 0.219. The fourth-order valence-corrected chi connectivity index (χ4v) is 2.48. The first kappa shape index (κ1) is 11.3. The molecule has 5 N–H and O–H groups in total. The van der Waals surface area contributed by atoms with Gasteiger partial charge in [-0.05, 0) is 13.0 Å². The largest absolute Gasteiger partial charge is 0.395 e. The second kappa shape index (κ2) is 4.32. The average molecular weight is 218 g/mol. The maximum atomic E-state index is 9.76. The number of piperidine rings is 1. The summed E-state index contributed by atoms with van der Waals surface area (Å²) < 4.78 is 0. The van der Waals surface area contributed by atoms with Crippen molar-refractivity contribution in [1.29, 1.82) is 0 Å². The number of aliphatic hydroxyl groups is 4. The van der Waals surface area contributed by atoms with Gasteiger partial charge in [-0.25, -0.2) is 0 Å². The summed E-state index contributed by atoms with van der Waals surface area (Å²) in [4.78, 5) is 1.82. The Morgan fingerprint density at radius 3 is 2.53 bits per heavy atom. The molecule has 0 aromatic carbocycles. The van der Waals surface area contributed by atoms with Crippen molar-refractivity contribution in [3.63, 3.8) is 0 Å². The van der Waals surface area contributed by atoms with Crippen LogP contribution in [0.4, 0.5) is 0 Å². The van der Waals surface area contributed by atoms with Gasteiger partial charge in [0.1, 0.15) is 18.3 Å². The molecule has 0 radical (unpaired) electrons. The van der Waals surface area contributed by atoms with Crippen LogP contribution in [0.2, 0.25) is 0 Å². The van der Waals surface area contributed by atoms with Crippen LogP contribution in [0.25, 0.3) is 0 Å². The molecule has 0 bridgehead atoms. The Kier molecular flexibility index (Phi) is 3.24. The molecule has 88 valence electrons. The van der Waals surface area contributed by atoms with Gasteiger partial charge in [-0.15, -0.1) is 0 Å². The van der Waals surface area contributed by atoms with Crippen LogP contribution in [0.5, 0.6) is 0 Å². The number of hydrogen-bond donors (Lipinski definition) is 5. The Labute approximate surface area is 88.1 Å². The lowest BCUT2D eigenvalue weighted by Gasteiger charge is -2.51. The lowest BCUT2D eigenvalue weighted by Crippen LogP contribution is -2.72. The summed E-state index contributed by atoms with van der Waals surface area (Å²) >= 11 is 0. The Bertz CT molecular complexity index is 216. The van der Waals surface area contributed by atoms with E-state index in [2.05, 4.69) is 5.32 Å². The first-order valence-corrected chi connectivity index (χ1v) is 5.31. The quantitative estimate of drug-likeness (QED) is 0.323. The highest BCUT2D eigenvalue weighted by molar-refractivity contribution is 5.00. The van der Waals surface area contributed by atoms with Gasteiger partial charge in [0.15, 0.2) is 0 Å². The Morgan fingerprint density at radius 1 is 1.13 bits per heavy atom. The van der Waals surface area contributed by atoms with Crippen molar-refractivity contribution in [2.45, 2.75) is 36.9 Å². The Balaban J connectivity index is 2.18. The number of nitrogens with one attached hydrogen (secondary N) is 1.